The topological polar surface area (TPSA) is 35.2 Å². The lowest BCUT2D eigenvalue weighted by atomic mass is 10.0. The van der Waals surface area contributed by atoms with Crippen LogP contribution in [0.5, 0.6) is 11.5 Å². The molecule has 2 aromatic carbocycles. The zero-order chi connectivity index (χ0) is 15.2. The van der Waals surface area contributed by atoms with Gasteiger partial charge < -0.3 is 10.5 Å². The van der Waals surface area contributed by atoms with E-state index in [4.69, 9.17) is 10.5 Å². The normalized spacial score (nSPS) is 12.2. The minimum absolute atomic E-state index is 0.211. The largest absolute Gasteiger partial charge is 0.456 e. The van der Waals surface area contributed by atoms with Gasteiger partial charge in [-0.25, -0.2) is 0 Å². The molecule has 21 heavy (non-hydrogen) atoms. The van der Waals surface area contributed by atoms with Crippen LogP contribution in [0.1, 0.15) is 18.9 Å². The zero-order valence-electron chi connectivity index (χ0n) is 12.3. The Kier molecular flexibility index (Phi) is 6.15. The molecular weight excluding hydrogens is 346 g/mol. The van der Waals surface area contributed by atoms with E-state index in [-0.39, 0.29) is 6.04 Å². The summed E-state index contributed by atoms with van der Waals surface area (Å²) in [6.07, 6.45) is 3.93. The molecular formula is C17H20BrNOS. The van der Waals surface area contributed by atoms with Gasteiger partial charge in [-0.1, -0.05) is 13.0 Å². The lowest BCUT2D eigenvalue weighted by Gasteiger charge is -2.12. The van der Waals surface area contributed by atoms with Gasteiger partial charge in [0, 0.05) is 10.9 Å². The van der Waals surface area contributed by atoms with Crippen molar-refractivity contribution in [1.82, 2.24) is 0 Å². The second-order valence-corrected chi connectivity index (χ2v) is 6.65. The molecule has 0 aliphatic heterocycles. The Bertz CT molecular complexity index is 586. The van der Waals surface area contributed by atoms with E-state index < -0.39 is 0 Å². The minimum atomic E-state index is 0.211. The molecule has 0 bridgehead atoms. The first-order chi connectivity index (χ1) is 10.1. The molecule has 112 valence electrons. The van der Waals surface area contributed by atoms with Crippen LogP contribution in [0.25, 0.3) is 0 Å². The molecule has 1 atom stereocenters. The van der Waals surface area contributed by atoms with Gasteiger partial charge in [0.15, 0.2) is 0 Å². The first kappa shape index (κ1) is 16.4. The van der Waals surface area contributed by atoms with E-state index in [2.05, 4.69) is 53.4 Å². The number of halogens is 1. The summed E-state index contributed by atoms with van der Waals surface area (Å²) >= 11 is 5.29. The van der Waals surface area contributed by atoms with Crippen LogP contribution in [-0.4, -0.2) is 12.3 Å². The third-order valence-electron chi connectivity index (χ3n) is 3.31. The second kappa shape index (κ2) is 7.87. The summed E-state index contributed by atoms with van der Waals surface area (Å²) in [5.74, 6) is 1.66. The van der Waals surface area contributed by atoms with Gasteiger partial charge in [0.05, 0.1) is 4.47 Å². The van der Waals surface area contributed by atoms with E-state index in [0.717, 1.165) is 28.8 Å². The Morgan fingerprint density at radius 1 is 1.19 bits per heavy atom. The molecule has 0 amide bonds. The van der Waals surface area contributed by atoms with E-state index in [1.54, 1.807) is 11.8 Å². The first-order valence-corrected chi connectivity index (χ1v) is 9.00. The van der Waals surface area contributed by atoms with Crippen molar-refractivity contribution in [3.05, 3.63) is 52.5 Å². The summed E-state index contributed by atoms with van der Waals surface area (Å²) < 4.78 is 6.86. The SMILES string of the molecule is CCC(N)Cc1ccc(Oc2ccc(SC)cc2)c(Br)c1. The summed E-state index contributed by atoms with van der Waals surface area (Å²) in [5, 5.41) is 0. The van der Waals surface area contributed by atoms with Crippen LogP contribution >= 0.6 is 27.7 Å². The lowest BCUT2D eigenvalue weighted by Crippen LogP contribution is -2.21. The highest BCUT2D eigenvalue weighted by Gasteiger charge is 2.07. The highest BCUT2D eigenvalue weighted by Crippen LogP contribution is 2.31. The summed E-state index contributed by atoms with van der Waals surface area (Å²) in [4.78, 5) is 1.23. The molecule has 2 nitrogen and oxygen atoms in total. The molecule has 0 saturated carbocycles. The zero-order valence-corrected chi connectivity index (χ0v) is 14.7. The van der Waals surface area contributed by atoms with Crippen LogP contribution in [0.15, 0.2) is 51.8 Å². The molecule has 0 aliphatic carbocycles. The number of rotatable bonds is 6. The quantitative estimate of drug-likeness (QED) is 0.710. The number of thioether (sulfide) groups is 1. The van der Waals surface area contributed by atoms with Crippen molar-refractivity contribution in [2.45, 2.75) is 30.7 Å². The van der Waals surface area contributed by atoms with Crippen molar-refractivity contribution in [3.63, 3.8) is 0 Å². The number of nitrogens with two attached hydrogens (primary N) is 1. The van der Waals surface area contributed by atoms with Crippen LogP contribution in [0, 0.1) is 0 Å². The van der Waals surface area contributed by atoms with E-state index in [1.165, 1.54) is 10.5 Å². The maximum Gasteiger partial charge on any atom is 0.141 e. The Hall–Kier alpha value is -0.970. The number of ether oxygens (including phenoxy) is 1. The van der Waals surface area contributed by atoms with Gasteiger partial charge in [0.25, 0.3) is 0 Å². The Balaban J connectivity index is 2.09. The average molecular weight is 366 g/mol. The first-order valence-electron chi connectivity index (χ1n) is 6.98. The fourth-order valence-corrected chi connectivity index (χ4v) is 2.89. The Morgan fingerprint density at radius 2 is 1.90 bits per heavy atom. The second-order valence-electron chi connectivity index (χ2n) is 4.91. The summed E-state index contributed by atoms with van der Waals surface area (Å²) in [5.41, 5.74) is 7.22. The van der Waals surface area contributed by atoms with Gasteiger partial charge in [-0.2, -0.15) is 0 Å². The standard InChI is InChI=1S/C17H20BrNOS/c1-3-13(19)10-12-4-9-17(16(18)11-12)20-14-5-7-15(21-2)8-6-14/h4-9,11,13H,3,10,19H2,1-2H3. The maximum absolute atomic E-state index is 6.00. The highest BCUT2D eigenvalue weighted by molar-refractivity contribution is 9.10. The van der Waals surface area contributed by atoms with Crippen molar-refractivity contribution in [3.8, 4) is 11.5 Å². The molecule has 0 radical (unpaired) electrons. The molecule has 0 saturated heterocycles. The molecule has 0 heterocycles. The summed E-state index contributed by atoms with van der Waals surface area (Å²) in [7, 11) is 0. The van der Waals surface area contributed by atoms with Crippen LogP contribution in [0.4, 0.5) is 0 Å². The smallest absolute Gasteiger partial charge is 0.141 e. The molecule has 0 spiro atoms. The van der Waals surface area contributed by atoms with Crippen LogP contribution in [-0.2, 0) is 6.42 Å². The molecule has 1 unspecified atom stereocenters. The Labute approximate surface area is 139 Å². The average Bonchev–Trinajstić information content (AvgIpc) is 2.50. The van der Waals surface area contributed by atoms with E-state index in [1.807, 2.05) is 18.2 Å². The molecule has 2 aromatic rings. The van der Waals surface area contributed by atoms with Crippen molar-refractivity contribution in [2.75, 3.05) is 6.26 Å². The highest BCUT2D eigenvalue weighted by atomic mass is 79.9. The number of hydrogen-bond donors (Lipinski definition) is 1. The van der Waals surface area contributed by atoms with E-state index in [0.29, 0.717) is 0 Å². The molecule has 2 N–H and O–H groups in total. The molecule has 2 rings (SSSR count). The molecule has 0 aromatic heterocycles. The lowest BCUT2D eigenvalue weighted by molar-refractivity contribution is 0.479. The molecule has 4 heteroatoms. The van der Waals surface area contributed by atoms with Gasteiger partial charge in [-0.15, -0.1) is 11.8 Å². The number of benzene rings is 2. The van der Waals surface area contributed by atoms with Crippen LogP contribution < -0.4 is 10.5 Å². The van der Waals surface area contributed by atoms with Crippen molar-refractivity contribution >= 4 is 27.7 Å². The molecule has 0 fully saturated rings. The van der Waals surface area contributed by atoms with Crippen molar-refractivity contribution < 1.29 is 4.74 Å². The van der Waals surface area contributed by atoms with Crippen LogP contribution in [0.3, 0.4) is 0 Å². The van der Waals surface area contributed by atoms with E-state index >= 15 is 0 Å². The summed E-state index contributed by atoms with van der Waals surface area (Å²) in [6.45, 7) is 2.11. The molecule has 0 aliphatic rings. The maximum atomic E-state index is 6.00. The van der Waals surface area contributed by atoms with Gasteiger partial charge >= 0.3 is 0 Å². The summed E-state index contributed by atoms with van der Waals surface area (Å²) in [6, 6.07) is 14.4. The van der Waals surface area contributed by atoms with Gasteiger partial charge in [0.1, 0.15) is 11.5 Å². The third-order valence-corrected chi connectivity index (χ3v) is 4.67. The third kappa shape index (κ3) is 4.77. The van der Waals surface area contributed by atoms with E-state index in [9.17, 15) is 0 Å². The van der Waals surface area contributed by atoms with Crippen molar-refractivity contribution in [1.29, 1.82) is 0 Å². The predicted octanol–water partition coefficient (Wildman–Crippen LogP) is 5.24. The van der Waals surface area contributed by atoms with Crippen LogP contribution in [0.2, 0.25) is 0 Å². The minimum Gasteiger partial charge on any atom is -0.456 e. The van der Waals surface area contributed by atoms with Gasteiger partial charge in [-0.3, -0.25) is 0 Å². The fourth-order valence-electron chi connectivity index (χ4n) is 1.97. The van der Waals surface area contributed by atoms with Gasteiger partial charge in [0.2, 0.25) is 0 Å². The predicted molar refractivity (Wildman–Crippen MR) is 94.4 cm³/mol. The Morgan fingerprint density at radius 3 is 2.48 bits per heavy atom. The fraction of sp³-hybridized carbons (Fsp3) is 0.294. The van der Waals surface area contributed by atoms with Crippen molar-refractivity contribution in [2.24, 2.45) is 5.73 Å². The number of hydrogen-bond acceptors (Lipinski definition) is 3. The monoisotopic (exact) mass is 365 g/mol. The van der Waals surface area contributed by atoms with Gasteiger partial charge in [-0.05, 0) is 77.0 Å².